The highest BCUT2D eigenvalue weighted by atomic mass is 35.5. The monoisotopic (exact) mass is 468 g/mol. The van der Waals surface area contributed by atoms with Gasteiger partial charge in [-0.1, -0.05) is 56.1 Å². The number of carbonyl (C=O) groups excluding carboxylic acids is 1. The van der Waals surface area contributed by atoms with Crippen LogP contribution in [0.2, 0.25) is 10.0 Å². The van der Waals surface area contributed by atoms with Crippen LogP contribution in [-0.4, -0.2) is 53.2 Å². The Balaban J connectivity index is 3.75. The molecule has 0 spiro atoms. The molecule has 0 heterocycles. The Morgan fingerprint density at radius 1 is 1.13 bits per heavy atom. The highest BCUT2D eigenvalue weighted by molar-refractivity contribution is 6.42. The zero-order valence-corrected chi connectivity index (χ0v) is 18.7. The predicted molar refractivity (Wildman–Crippen MR) is 111 cm³/mol. The molecule has 10 heteroatoms. The largest absolute Gasteiger partial charge is 0.471 e. The maximum atomic E-state index is 13.0. The van der Waals surface area contributed by atoms with Gasteiger partial charge in [0, 0.05) is 20.1 Å². The van der Waals surface area contributed by atoms with Gasteiger partial charge in [0.25, 0.3) is 0 Å². The summed E-state index contributed by atoms with van der Waals surface area (Å²) in [5.74, 6) is -2.09. The lowest BCUT2D eigenvalue weighted by Crippen LogP contribution is -2.58. The van der Waals surface area contributed by atoms with Crippen molar-refractivity contribution in [3.8, 4) is 0 Å². The minimum Gasteiger partial charge on any atom is -0.465 e. The van der Waals surface area contributed by atoms with Gasteiger partial charge < -0.3 is 10.0 Å². The number of carboxylic acid groups (broad SMARTS) is 1. The molecule has 168 valence electrons. The number of amides is 2. The lowest BCUT2D eigenvalue weighted by atomic mass is 9.82. The summed E-state index contributed by atoms with van der Waals surface area (Å²) in [6.07, 6.45) is -5.13. The number of alkyl halides is 3. The summed E-state index contributed by atoms with van der Waals surface area (Å²) in [6.45, 7) is 8.43. The average molecular weight is 469 g/mol. The molecule has 5 nitrogen and oxygen atoms in total. The van der Waals surface area contributed by atoms with Crippen molar-refractivity contribution in [2.24, 2.45) is 5.41 Å². The molecule has 1 N–H and O–H groups in total. The highest BCUT2D eigenvalue weighted by Gasteiger charge is 2.48. The molecule has 0 fully saturated rings. The van der Waals surface area contributed by atoms with Crippen LogP contribution in [0.25, 0.3) is 0 Å². The van der Waals surface area contributed by atoms with Crippen molar-refractivity contribution in [3.05, 3.63) is 46.5 Å². The van der Waals surface area contributed by atoms with Gasteiger partial charge >= 0.3 is 18.2 Å². The van der Waals surface area contributed by atoms with Gasteiger partial charge in [-0.15, -0.1) is 6.58 Å². The standard InChI is InChI=1S/C20H25Cl2F3N2O3/c1-6-9-19(12-26(5)16(28)20(23,24)25,13-7-8-14(21)15(22)10-13)27(17(29)30)11-18(2,3)4/h6-8,10H,1,9,11-12H2,2-5H3,(H,29,30). The van der Waals surface area contributed by atoms with Crippen molar-refractivity contribution in [1.82, 2.24) is 9.80 Å². The Morgan fingerprint density at radius 2 is 1.70 bits per heavy atom. The summed E-state index contributed by atoms with van der Waals surface area (Å²) in [4.78, 5) is 25.6. The normalized spacial score (nSPS) is 14.0. The molecule has 1 aromatic rings. The number of nitrogens with zero attached hydrogens (tertiary/aromatic N) is 2. The number of halogens is 5. The van der Waals surface area contributed by atoms with Crippen LogP contribution in [0.4, 0.5) is 18.0 Å². The second-order valence-corrected chi connectivity index (χ2v) is 9.06. The van der Waals surface area contributed by atoms with E-state index >= 15 is 0 Å². The number of hydrogen-bond acceptors (Lipinski definition) is 2. The van der Waals surface area contributed by atoms with Crippen LogP contribution in [-0.2, 0) is 10.3 Å². The zero-order chi connectivity index (χ0) is 23.5. The molecular formula is C20H25Cl2F3N2O3. The third-order valence-corrected chi connectivity index (χ3v) is 5.15. The second-order valence-electron chi connectivity index (χ2n) is 8.24. The molecule has 1 rings (SSSR count). The first-order valence-electron chi connectivity index (χ1n) is 8.94. The van der Waals surface area contributed by atoms with Crippen LogP contribution in [0.1, 0.15) is 32.8 Å². The average Bonchev–Trinajstić information content (AvgIpc) is 2.59. The molecule has 0 aliphatic carbocycles. The number of rotatable bonds is 7. The van der Waals surface area contributed by atoms with Crippen LogP contribution in [0.15, 0.2) is 30.9 Å². The van der Waals surface area contributed by atoms with Crippen molar-refractivity contribution in [3.63, 3.8) is 0 Å². The van der Waals surface area contributed by atoms with Crippen LogP contribution in [0.5, 0.6) is 0 Å². The molecule has 0 bridgehead atoms. The van der Waals surface area contributed by atoms with Crippen LogP contribution in [0.3, 0.4) is 0 Å². The van der Waals surface area contributed by atoms with E-state index in [1.165, 1.54) is 24.3 Å². The lowest BCUT2D eigenvalue weighted by Gasteiger charge is -2.46. The van der Waals surface area contributed by atoms with Crippen molar-refractivity contribution < 1.29 is 27.9 Å². The summed E-state index contributed by atoms with van der Waals surface area (Å²) >= 11 is 12.1. The fourth-order valence-corrected chi connectivity index (χ4v) is 3.50. The number of hydrogen-bond donors (Lipinski definition) is 1. The van der Waals surface area contributed by atoms with E-state index in [1.807, 2.05) is 0 Å². The van der Waals surface area contributed by atoms with E-state index in [0.29, 0.717) is 10.5 Å². The Labute approximate surface area is 184 Å². The Hall–Kier alpha value is -1.93. The topological polar surface area (TPSA) is 60.9 Å². The highest BCUT2D eigenvalue weighted by Crippen LogP contribution is 2.39. The van der Waals surface area contributed by atoms with Gasteiger partial charge in [0.1, 0.15) is 0 Å². The lowest BCUT2D eigenvalue weighted by molar-refractivity contribution is -0.185. The molecule has 2 amide bonds. The van der Waals surface area contributed by atoms with E-state index in [-0.39, 0.29) is 23.0 Å². The van der Waals surface area contributed by atoms with Gasteiger partial charge in [-0.25, -0.2) is 4.79 Å². The van der Waals surface area contributed by atoms with Crippen molar-refractivity contribution in [1.29, 1.82) is 0 Å². The van der Waals surface area contributed by atoms with E-state index in [0.717, 1.165) is 11.9 Å². The summed E-state index contributed by atoms with van der Waals surface area (Å²) in [7, 11) is 0.975. The molecule has 0 radical (unpaired) electrons. The molecule has 0 saturated carbocycles. The molecule has 0 aliphatic heterocycles. The van der Waals surface area contributed by atoms with Gasteiger partial charge in [0.05, 0.1) is 15.6 Å². The minimum absolute atomic E-state index is 0.0233. The first-order chi connectivity index (χ1) is 13.5. The molecular weight excluding hydrogens is 444 g/mol. The van der Waals surface area contributed by atoms with E-state index in [1.54, 1.807) is 20.8 Å². The first-order valence-corrected chi connectivity index (χ1v) is 9.70. The molecule has 1 unspecified atom stereocenters. The number of benzene rings is 1. The summed E-state index contributed by atoms with van der Waals surface area (Å²) in [5, 5.41) is 10.3. The molecule has 0 aliphatic rings. The van der Waals surface area contributed by atoms with E-state index in [9.17, 15) is 27.9 Å². The molecule has 1 atom stereocenters. The number of carbonyl (C=O) groups is 2. The van der Waals surface area contributed by atoms with E-state index in [4.69, 9.17) is 23.2 Å². The van der Waals surface area contributed by atoms with Crippen molar-refractivity contribution in [2.45, 2.75) is 38.9 Å². The van der Waals surface area contributed by atoms with Gasteiger partial charge in [0.15, 0.2) is 0 Å². The van der Waals surface area contributed by atoms with E-state index in [2.05, 4.69) is 6.58 Å². The van der Waals surface area contributed by atoms with Gasteiger partial charge in [-0.05, 0) is 29.5 Å². The van der Waals surface area contributed by atoms with Crippen molar-refractivity contribution >= 4 is 35.2 Å². The number of likely N-dealkylation sites (N-methyl/N-ethyl adjacent to an activating group) is 1. The van der Waals surface area contributed by atoms with Crippen LogP contribution >= 0.6 is 23.2 Å². The quantitative estimate of drug-likeness (QED) is 0.513. The van der Waals surface area contributed by atoms with Crippen LogP contribution < -0.4 is 0 Å². The van der Waals surface area contributed by atoms with Crippen LogP contribution in [0, 0.1) is 5.41 Å². The molecule has 0 aromatic heterocycles. The fourth-order valence-electron chi connectivity index (χ4n) is 3.21. The fraction of sp³-hybridized carbons (Fsp3) is 0.500. The maximum absolute atomic E-state index is 13.0. The van der Waals surface area contributed by atoms with Gasteiger partial charge in [0.2, 0.25) is 0 Å². The Morgan fingerprint density at radius 3 is 2.10 bits per heavy atom. The molecule has 0 saturated heterocycles. The smallest absolute Gasteiger partial charge is 0.465 e. The van der Waals surface area contributed by atoms with Gasteiger partial charge in [-0.3, -0.25) is 9.69 Å². The second kappa shape index (κ2) is 9.47. The van der Waals surface area contributed by atoms with Crippen molar-refractivity contribution in [2.75, 3.05) is 20.1 Å². The maximum Gasteiger partial charge on any atom is 0.471 e. The predicted octanol–water partition coefficient (Wildman–Crippen LogP) is 5.81. The third kappa shape index (κ3) is 6.28. The Bertz CT molecular complexity index is 809. The minimum atomic E-state index is -5.11. The SMILES string of the molecule is C=CCC(CN(C)C(=O)C(F)(F)F)(c1ccc(Cl)c(Cl)c1)N(CC(C)(C)C)C(=O)O. The zero-order valence-electron chi connectivity index (χ0n) is 17.2. The van der Waals surface area contributed by atoms with E-state index < -0.39 is 35.7 Å². The summed E-state index contributed by atoms with van der Waals surface area (Å²) < 4.78 is 39.1. The summed E-state index contributed by atoms with van der Waals surface area (Å²) in [6, 6.07) is 4.32. The molecule has 1 aromatic carbocycles. The molecule has 30 heavy (non-hydrogen) atoms. The van der Waals surface area contributed by atoms with Gasteiger partial charge in [-0.2, -0.15) is 13.2 Å². The Kier molecular flexibility index (Phi) is 8.24. The summed E-state index contributed by atoms with van der Waals surface area (Å²) in [5.41, 5.74) is -1.82. The first kappa shape index (κ1) is 26.1. The third-order valence-electron chi connectivity index (χ3n) is 4.41.